The van der Waals surface area contributed by atoms with Gasteiger partial charge >= 0.3 is 6.03 Å². The fourth-order valence-corrected chi connectivity index (χ4v) is 3.55. The minimum absolute atomic E-state index is 0.204. The molecule has 1 aliphatic rings. The number of thiazole rings is 1. The Balaban J connectivity index is 1.52. The summed E-state index contributed by atoms with van der Waals surface area (Å²) in [5.74, 6) is 1.30. The van der Waals surface area contributed by atoms with Gasteiger partial charge in [0.1, 0.15) is 0 Å². The average Bonchev–Trinajstić information content (AvgIpc) is 3.17. The molecule has 0 unspecified atom stereocenters. The number of nitrogens with zero attached hydrogens (tertiary/aromatic N) is 1. The quantitative estimate of drug-likeness (QED) is 0.729. The van der Waals surface area contributed by atoms with Crippen LogP contribution in [0.25, 0.3) is 10.2 Å². The zero-order valence-electron chi connectivity index (χ0n) is 13.2. The summed E-state index contributed by atoms with van der Waals surface area (Å²) >= 11 is 1.47. The summed E-state index contributed by atoms with van der Waals surface area (Å²) in [5, 5.41) is 6.13. The molecule has 0 spiro atoms. The second kappa shape index (κ2) is 5.68. The van der Waals surface area contributed by atoms with Gasteiger partial charge < -0.3 is 14.8 Å². The number of rotatable bonds is 2. The molecule has 6 nitrogen and oxygen atoms in total. The minimum atomic E-state index is -0.344. The zero-order chi connectivity index (χ0) is 16.7. The molecule has 0 fully saturated rings. The predicted octanol–water partition coefficient (Wildman–Crippen LogP) is 4.29. The smallest absolute Gasteiger partial charge is 0.325 e. The van der Waals surface area contributed by atoms with E-state index in [1.54, 1.807) is 18.2 Å². The molecule has 2 N–H and O–H groups in total. The van der Waals surface area contributed by atoms with Crippen molar-refractivity contribution < 1.29 is 14.3 Å². The molecule has 4 rings (SSSR count). The third kappa shape index (κ3) is 2.63. The highest BCUT2D eigenvalue weighted by atomic mass is 32.1. The number of nitrogens with one attached hydrogen (secondary N) is 2. The van der Waals surface area contributed by atoms with E-state index in [0.29, 0.717) is 22.3 Å². The van der Waals surface area contributed by atoms with E-state index in [2.05, 4.69) is 21.7 Å². The van der Waals surface area contributed by atoms with Crippen LogP contribution in [0.3, 0.4) is 0 Å². The van der Waals surface area contributed by atoms with Crippen LogP contribution in [-0.4, -0.2) is 17.8 Å². The minimum Gasteiger partial charge on any atom is -0.454 e. The zero-order valence-corrected chi connectivity index (χ0v) is 14.0. The lowest BCUT2D eigenvalue weighted by atomic mass is 10.1. The van der Waals surface area contributed by atoms with Gasteiger partial charge in [-0.2, -0.15) is 0 Å². The topological polar surface area (TPSA) is 72.5 Å². The van der Waals surface area contributed by atoms with E-state index in [1.165, 1.54) is 11.3 Å². The SMILES string of the molecule is Cc1ccc(C)c2sc(NC(=O)Nc3ccc4c(c3)OCO4)nc12. The number of hydrogen-bond donors (Lipinski definition) is 2. The van der Waals surface area contributed by atoms with Gasteiger partial charge in [-0.25, -0.2) is 9.78 Å². The molecule has 7 heteroatoms. The molecule has 122 valence electrons. The predicted molar refractivity (Wildman–Crippen MR) is 94.3 cm³/mol. The molecule has 3 aromatic rings. The van der Waals surface area contributed by atoms with Crippen LogP contribution in [0.1, 0.15) is 11.1 Å². The Morgan fingerprint density at radius 2 is 1.88 bits per heavy atom. The van der Waals surface area contributed by atoms with Crippen molar-refractivity contribution in [3.8, 4) is 11.5 Å². The molecule has 2 aromatic carbocycles. The standard InChI is InChI=1S/C17H15N3O3S/c1-9-3-4-10(2)15-14(9)19-17(24-15)20-16(21)18-11-5-6-12-13(7-11)23-8-22-12/h3-7H,8H2,1-2H3,(H2,18,19,20,21). The van der Waals surface area contributed by atoms with Crippen molar-refractivity contribution in [3.05, 3.63) is 41.5 Å². The molecule has 24 heavy (non-hydrogen) atoms. The Bertz CT molecular complexity index is 913. The second-order valence-corrected chi connectivity index (χ2v) is 6.54. The molecule has 0 saturated carbocycles. The number of carbonyl (C=O) groups is 1. The maximum absolute atomic E-state index is 12.2. The van der Waals surface area contributed by atoms with Gasteiger partial charge in [-0.1, -0.05) is 23.5 Å². The van der Waals surface area contributed by atoms with Gasteiger partial charge in [-0.15, -0.1) is 0 Å². The van der Waals surface area contributed by atoms with E-state index in [4.69, 9.17) is 9.47 Å². The van der Waals surface area contributed by atoms with Crippen LogP contribution < -0.4 is 20.1 Å². The Morgan fingerprint density at radius 1 is 1.08 bits per heavy atom. The van der Waals surface area contributed by atoms with Crippen molar-refractivity contribution in [2.45, 2.75) is 13.8 Å². The van der Waals surface area contributed by atoms with E-state index in [1.807, 2.05) is 19.9 Å². The number of ether oxygens (including phenoxy) is 2. The number of anilines is 2. The lowest BCUT2D eigenvalue weighted by molar-refractivity contribution is 0.174. The Morgan fingerprint density at radius 3 is 2.71 bits per heavy atom. The number of urea groups is 1. The van der Waals surface area contributed by atoms with Gasteiger partial charge in [0.25, 0.3) is 0 Å². The van der Waals surface area contributed by atoms with Gasteiger partial charge in [0.2, 0.25) is 6.79 Å². The highest BCUT2D eigenvalue weighted by molar-refractivity contribution is 7.22. The van der Waals surface area contributed by atoms with Crippen LogP contribution in [0.15, 0.2) is 30.3 Å². The number of carbonyl (C=O) groups excluding carboxylic acids is 1. The summed E-state index contributed by atoms with van der Waals surface area (Å²) in [6.45, 7) is 4.25. The van der Waals surface area contributed by atoms with Crippen LogP contribution in [0.4, 0.5) is 15.6 Å². The Labute approximate surface area is 142 Å². The first-order chi connectivity index (χ1) is 11.6. The number of aryl methyl sites for hydroxylation is 2. The van der Waals surface area contributed by atoms with E-state index >= 15 is 0 Å². The Kier molecular flexibility index (Phi) is 3.50. The van der Waals surface area contributed by atoms with Crippen LogP contribution in [0.5, 0.6) is 11.5 Å². The van der Waals surface area contributed by atoms with Crippen molar-refractivity contribution in [3.63, 3.8) is 0 Å². The van der Waals surface area contributed by atoms with Crippen molar-refractivity contribution in [1.29, 1.82) is 0 Å². The maximum atomic E-state index is 12.2. The molecular weight excluding hydrogens is 326 g/mol. The van der Waals surface area contributed by atoms with E-state index in [9.17, 15) is 4.79 Å². The maximum Gasteiger partial charge on any atom is 0.325 e. The number of fused-ring (bicyclic) bond motifs is 2. The van der Waals surface area contributed by atoms with Gasteiger partial charge in [0.15, 0.2) is 16.6 Å². The summed E-state index contributed by atoms with van der Waals surface area (Å²) in [5.41, 5.74) is 3.80. The first-order valence-electron chi connectivity index (χ1n) is 7.44. The van der Waals surface area contributed by atoms with Gasteiger partial charge in [0.05, 0.1) is 10.2 Å². The monoisotopic (exact) mass is 341 g/mol. The van der Waals surface area contributed by atoms with Crippen molar-refractivity contribution in [1.82, 2.24) is 4.98 Å². The second-order valence-electron chi connectivity index (χ2n) is 5.54. The molecule has 1 aliphatic heterocycles. The molecule has 0 aliphatic carbocycles. The molecule has 0 saturated heterocycles. The summed E-state index contributed by atoms with van der Waals surface area (Å²) < 4.78 is 11.6. The third-order valence-corrected chi connectivity index (χ3v) is 4.90. The summed E-state index contributed by atoms with van der Waals surface area (Å²) in [7, 11) is 0. The molecule has 0 bridgehead atoms. The van der Waals surface area contributed by atoms with Crippen LogP contribution >= 0.6 is 11.3 Å². The first-order valence-corrected chi connectivity index (χ1v) is 8.26. The lowest BCUT2D eigenvalue weighted by Crippen LogP contribution is -2.19. The summed E-state index contributed by atoms with van der Waals surface area (Å²) in [6.07, 6.45) is 0. The normalized spacial score (nSPS) is 12.4. The first kappa shape index (κ1) is 14.8. The van der Waals surface area contributed by atoms with Crippen molar-refractivity contribution in [2.75, 3.05) is 17.4 Å². The van der Waals surface area contributed by atoms with E-state index in [0.717, 1.165) is 21.3 Å². The summed E-state index contributed by atoms with van der Waals surface area (Å²) in [6, 6.07) is 9.01. The molecule has 0 atom stereocenters. The van der Waals surface area contributed by atoms with Crippen molar-refractivity contribution >= 4 is 38.4 Å². The largest absolute Gasteiger partial charge is 0.454 e. The van der Waals surface area contributed by atoms with Crippen LogP contribution in [0.2, 0.25) is 0 Å². The molecule has 0 radical (unpaired) electrons. The van der Waals surface area contributed by atoms with Gasteiger partial charge in [0, 0.05) is 11.8 Å². The highest BCUT2D eigenvalue weighted by Gasteiger charge is 2.15. The fraction of sp³-hybridized carbons (Fsp3) is 0.176. The molecule has 1 aromatic heterocycles. The van der Waals surface area contributed by atoms with E-state index < -0.39 is 0 Å². The fourth-order valence-electron chi connectivity index (χ4n) is 2.55. The van der Waals surface area contributed by atoms with Gasteiger partial charge in [-0.05, 0) is 37.1 Å². The van der Waals surface area contributed by atoms with Crippen LogP contribution in [-0.2, 0) is 0 Å². The summed E-state index contributed by atoms with van der Waals surface area (Å²) in [4.78, 5) is 16.7. The van der Waals surface area contributed by atoms with E-state index in [-0.39, 0.29) is 12.8 Å². The molecule has 2 heterocycles. The average molecular weight is 341 g/mol. The lowest BCUT2D eigenvalue weighted by Gasteiger charge is -2.06. The van der Waals surface area contributed by atoms with Crippen molar-refractivity contribution in [2.24, 2.45) is 0 Å². The van der Waals surface area contributed by atoms with Gasteiger partial charge in [-0.3, -0.25) is 5.32 Å². The number of aromatic nitrogens is 1. The number of benzene rings is 2. The van der Waals surface area contributed by atoms with Crippen LogP contribution in [0, 0.1) is 13.8 Å². The highest BCUT2D eigenvalue weighted by Crippen LogP contribution is 2.34. The molecule has 2 amide bonds. The molecular formula is C17H15N3O3S. The number of hydrogen-bond acceptors (Lipinski definition) is 5. The Hall–Kier alpha value is -2.80. The number of amides is 2. The third-order valence-electron chi connectivity index (χ3n) is 3.79.